The molecule has 1 fully saturated rings. The van der Waals surface area contributed by atoms with E-state index in [0.717, 1.165) is 50.2 Å². The number of aromatic nitrogens is 4. The first-order valence-electron chi connectivity index (χ1n) is 15.8. The van der Waals surface area contributed by atoms with Crippen molar-refractivity contribution in [2.75, 3.05) is 26.7 Å². The topological polar surface area (TPSA) is 137 Å². The SMILES string of the molecule is C=C(N)CC1=CCC(CCc2cc(P)ccc2C(CCNCC=O)c2nn[nH]n2)=CC=C1.CC.CC.CN1CCCC1C#N. The van der Waals surface area contributed by atoms with E-state index in [-0.39, 0.29) is 12.0 Å². The van der Waals surface area contributed by atoms with Crippen LogP contribution in [0.4, 0.5) is 0 Å². The summed E-state index contributed by atoms with van der Waals surface area (Å²) < 4.78 is 0. The average molecular weight is 621 g/mol. The van der Waals surface area contributed by atoms with Crippen LogP contribution >= 0.6 is 9.24 Å². The lowest BCUT2D eigenvalue weighted by Gasteiger charge is -2.19. The summed E-state index contributed by atoms with van der Waals surface area (Å²) >= 11 is 0. The van der Waals surface area contributed by atoms with E-state index < -0.39 is 0 Å². The summed E-state index contributed by atoms with van der Waals surface area (Å²) in [6.45, 7) is 13.9. The van der Waals surface area contributed by atoms with Gasteiger partial charge in [0.15, 0.2) is 5.82 Å². The number of H-pyrrole nitrogens is 1. The van der Waals surface area contributed by atoms with Crippen LogP contribution in [0.3, 0.4) is 0 Å². The molecular weight excluding hydrogens is 567 g/mol. The first kappa shape index (κ1) is 38.6. The van der Waals surface area contributed by atoms with Crippen molar-refractivity contribution in [1.29, 1.82) is 5.26 Å². The van der Waals surface area contributed by atoms with E-state index in [2.05, 4.69) is 95.2 Å². The lowest BCUT2D eigenvalue weighted by atomic mass is 9.88. The number of nitriles is 1. The minimum absolute atomic E-state index is 0.00132. The van der Waals surface area contributed by atoms with Gasteiger partial charge in [-0.2, -0.15) is 10.5 Å². The summed E-state index contributed by atoms with van der Waals surface area (Å²) in [6, 6.07) is 8.92. The number of nitrogens with two attached hydrogens (primary N) is 1. The van der Waals surface area contributed by atoms with Crippen molar-refractivity contribution in [2.45, 2.75) is 84.6 Å². The number of aryl methyl sites for hydroxylation is 1. The Morgan fingerprint density at radius 1 is 1.32 bits per heavy atom. The van der Waals surface area contributed by atoms with Gasteiger partial charge in [0.1, 0.15) is 6.29 Å². The van der Waals surface area contributed by atoms with Crippen LogP contribution in [0, 0.1) is 11.3 Å². The quantitative estimate of drug-likeness (QED) is 0.166. The predicted octanol–water partition coefficient (Wildman–Crippen LogP) is 5.27. The Hall–Kier alpha value is -3.44. The van der Waals surface area contributed by atoms with E-state index in [1.54, 1.807) is 0 Å². The second-order valence-electron chi connectivity index (χ2n) is 10.2. The molecule has 4 N–H and O–H groups in total. The highest BCUT2D eigenvalue weighted by Crippen LogP contribution is 2.29. The molecule has 0 saturated carbocycles. The van der Waals surface area contributed by atoms with Gasteiger partial charge in [-0.3, -0.25) is 4.90 Å². The Kier molecular flexibility index (Phi) is 20.2. The largest absolute Gasteiger partial charge is 0.402 e. The van der Waals surface area contributed by atoms with Gasteiger partial charge in [-0.15, -0.1) is 19.4 Å². The fraction of sp³-hybridized carbons (Fsp3) is 0.500. The lowest BCUT2D eigenvalue weighted by Crippen LogP contribution is -2.22. The Labute approximate surface area is 267 Å². The number of rotatable bonds is 12. The van der Waals surface area contributed by atoms with Gasteiger partial charge >= 0.3 is 0 Å². The maximum absolute atomic E-state index is 10.6. The molecule has 10 heteroatoms. The fourth-order valence-corrected chi connectivity index (χ4v) is 5.28. The van der Waals surface area contributed by atoms with Crippen molar-refractivity contribution in [1.82, 2.24) is 30.8 Å². The molecule has 4 rings (SSSR count). The van der Waals surface area contributed by atoms with Gasteiger partial charge < -0.3 is 15.8 Å². The lowest BCUT2D eigenvalue weighted by molar-refractivity contribution is -0.107. The van der Waals surface area contributed by atoms with Crippen LogP contribution in [0.5, 0.6) is 0 Å². The standard InChI is InChI=1S/C24H31N6OP.C6H10N2.2C2H6/c1-17(25)15-19-4-2-3-18(5-6-19)7-8-20-16-21(32)9-10-22(20)23(11-12-26-13-14-31)24-27-29-30-28-24;1-8-4-2-3-6(8)5-7;2*1-2/h2-4,6,9-10,14,16,23,26H,1,5,7-8,11-13,15,25,32H2,(H,27,28,29,30);6H,2-4H2,1H3;2*1-2H3. The van der Waals surface area contributed by atoms with Crippen molar-refractivity contribution >= 4 is 20.8 Å². The first-order chi connectivity index (χ1) is 21.4. The molecule has 0 radical (unpaired) electrons. The monoisotopic (exact) mass is 620 g/mol. The van der Waals surface area contributed by atoms with Gasteiger partial charge in [0.05, 0.1) is 18.7 Å². The maximum Gasteiger partial charge on any atom is 0.182 e. The van der Waals surface area contributed by atoms with E-state index >= 15 is 0 Å². The summed E-state index contributed by atoms with van der Waals surface area (Å²) in [5, 5.41) is 27.6. The number of nitrogens with zero attached hydrogens (tertiary/aromatic N) is 5. The van der Waals surface area contributed by atoms with Crippen molar-refractivity contribution in [3.05, 3.63) is 82.9 Å². The smallest absolute Gasteiger partial charge is 0.182 e. The van der Waals surface area contributed by atoms with Crippen LogP contribution in [-0.4, -0.2) is 64.5 Å². The molecule has 1 saturated heterocycles. The molecule has 2 aliphatic rings. The van der Waals surface area contributed by atoms with Gasteiger partial charge in [0, 0.05) is 18.0 Å². The third-order valence-electron chi connectivity index (χ3n) is 7.14. The van der Waals surface area contributed by atoms with Gasteiger partial charge in [-0.05, 0) is 80.7 Å². The van der Waals surface area contributed by atoms with Gasteiger partial charge in [0.2, 0.25) is 0 Å². The van der Waals surface area contributed by atoms with E-state index in [9.17, 15) is 4.79 Å². The van der Waals surface area contributed by atoms with Gasteiger partial charge in [-0.1, -0.05) is 87.6 Å². The molecule has 9 nitrogen and oxygen atoms in total. The molecule has 1 aromatic heterocycles. The summed E-state index contributed by atoms with van der Waals surface area (Å²) in [4.78, 5) is 12.7. The Morgan fingerprint density at radius 3 is 2.68 bits per heavy atom. The predicted molar refractivity (Wildman–Crippen MR) is 186 cm³/mol. The average Bonchev–Trinajstić information content (AvgIpc) is 3.67. The number of nitrogens with one attached hydrogen (secondary N) is 2. The van der Waals surface area contributed by atoms with E-state index in [0.29, 0.717) is 31.0 Å². The van der Waals surface area contributed by atoms with Crippen molar-refractivity contribution < 1.29 is 4.79 Å². The van der Waals surface area contributed by atoms with Crippen LogP contribution in [0.15, 0.2) is 65.9 Å². The van der Waals surface area contributed by atoms with Crippen LogP contribution in [-0.2, 0) is 11.2 Å². The number of benzene rings is 1. The van der Waals surface area contributed by atoms with Crippen molar-refractivity contribution in [3.8, 4) is 6.07 Å². The number of likely N-dealkylation sites (tertiary alicyclic amines) is 1. The summed E-state index contributed by atoms with van der Waals surface area (Å²) in [5.74, 6) is 0.667. The number of allylic oxidation sites excluding steroid dienone is 6. The number of aldehydes is 1. The van der Waals surface area contributed by atoms with Crippen molar-refractivity contribution in [2.24, 2.45) is 5.73 Å². The highest BCUT2D eigenvalue weighted by atomic mass is 31.0. The van der Waals surface area contributed by atoms with Gasteiger partial charge in [0.25, 0.3) is 0 Å². The molecule has 2 aromatic rings. The van der Waals surface area contributed by atoms with E-state index in [1.165, 1.54) is 28.7 Å². The van der Waals surface area contributed by atoms with Crippen LogP contribution < -0.4 is 16.4 Å². The zero-order valence-corrected chi connectivity index (χ0v) is 28.5. The molecule has 1 aliphatic carbocycles. The van der Waals surface area contributed by atoms with Crippen LogP contribution in [0.2, 0.25) is 0 Å². The van der Waals surface area contributed by atoms with Crippen LogP contribution in [0.25, 0.3) is 0 Å². The molecule has 240 valence electrons. The molecule has 0 spiro atoms. The third-order valence-corrected chi connectivity index (χ3v) is 7.50. The molecule has 3 unspecified atom stereocenters. The molecule has 1 aromatic carbocycles. The normalized spacial score (nSPS) is 16.2. The number of carbonyl (C=O) groups excluding carboxylic acids is 1. The maximum atomic E-state index is 10.6. The number of carbonyl (C=O) groups is 1. The zero-order chi connectivity index (χ0) is 32.7. The van der Waals surface area contributed by atoms with Crippen molar-refractivity contribution in [3.63, 3.8) is 0 Å². The first-order valence-corrected chi connectivity index (χ1v) is 16.3. The number of tetrazole rings is 1. The van der Waals surface area contributed by atoms with Crippen LogP contribution in [0.1, 0.15) is 89.1 Å². The highest BCUT2D eigenvalue weighted by molar-refractivity contribution is 7.27. The molecule has 0 bridgehead atoms. The molecule has 44 heavy (non-hydrogen) atoms. The Bertz CT molecular complexity index is 1250. The molecular formula is C34H53N8OP. The summed E-state index contributed by atoms with van der Waals surface area (Å²) in [6.07, 6.45) is 16.0. The van der Waals surface area contributed by atoms with E-state index in [4.69, 9.17) is 11.0 Å². The molecule has 2 heterocycles. The molecule has 1 aliphatic heterocycles. The second-order valence-corrected chi connectivity index (χ2v) is 10.9. The number of aromatic amines is 1. The third kappa shape index (κ3) is 13.9. The van der Waals surface area contributed by atoms with Gasteiger partial charge in [-0.25, -0.2) is 0 Å². The number of hydrogen-bond donors (Lipinski definition) is 3. The second kappa shape index (κ2) is 23.0. The number of hydrogen-bond acceptors (Lipinski definition) is 8. The molecule has 0 amide bonds. The fourth-order valence-electron chi connectivity index (χ4n) is 4.98. The zero-order valence-electron chi connectivity index (χ0n) is 27.4. The minimum atomic E-state index is -0.00132. The Balaban J connectivity index is 0.000000683. The summed E-state index contributed by atoms with van der Waals surface area (Å²) in [5.41, 5.74) is 11.5. The summed E-state index contributed by atoms with van der Waals surface area (Å²) in [7, 11) is 4.79. The van der Waals surface area contributed by atoms with E-state index in [1.807, 2.05) is 34.7 Å². The molecule has 3 atom stereocenters. The minimum Gasteiger partial charge on any atom is -0.402 e. The Morgan fingerprint density at radius 2 is 2.09 bits per heavy atom. The highest BCUT2D eigenvalue weighted by Gasteiger charge is 2.22.